The van der Waals surface area contributed by atoms with Crippen molar-refractivity contribution in [3.63, 3.8) is 0 Å². The van der Waals surface area contributed by atoms with Gasteiger partial charge in [-0.25, -0.2) is 18.0 Å². The Hall–Kier alpha value is -3.24. The van der Waals surface area contributed by atoms with Gasteiger partial charge in [-0.05, 0) is 49.7 Å². The molecule has 172 valence electrons. The molecule has 9 nitrogen and oxygen atoms in total. The fourth-order valence-electron chi connectivity index (χ4n) is 2.96. The summed E-state index contributed by atoms with van der Waals surface area (Å²) in [5, 5.41) is 4.63. The SMILES string of the molecule is CCN(CC)S(=O)(=O)c1ccc(C(=O)OCC(=O)NC(=O)Nc2ccc(C)cc2C)cc1. The summed E-state index contributed by atoms with van der Waals surface area (Å²) in [6, 6.07) is 9.92. The standard InChI is InChI=1S/C22H27N3O6S/c1-5-25(6-2)32(29,30)18-10-8-17(9-11-18)21(27)31-14-20(26)24-22(28)23-19-12-7-15(3)13-16(19)4/h7-13H,5-6,14H2,1-4H3,(H2,23,24,26,28). The number of hydrogen-bond donors (Lipinski definition) is 2. The number of amides is 3. The van der Waals surface area contributed by atoms with Crippen molar-refractivity contribution >= 4 is 33.6 Å². The molecule has 0 unspecified atom stereocenters. The second-order valence-corrected chi connectivity index (χ2v) is 8.95. The summed E-state index contributed by atoms with van der Waals surface area (Å²) in [5.41, 5.74) is 2.51. The summed E-state index contributed by atoms with van der Waals surface area (Å²) in [6.45, 7) is 7.21. The van der Waals surface area contributed by atoms with Crippen LogP contribution >= 0.6 is 0 Å². The molecule has 0 radical (unpaired) electrons. The van der Waals surface area contributed by atoms with Gasteiger partial charge in [0.1, 0.15) is 0 Å². The Morgan fingerprint density at radius 3 is 2.16 bits per heavy atom. The molecule has 2 rings (SSSR count). The van der Waals surface area contributed by atoms with E-state index < -0.39 is 34.5 Å². The number of hydrogen-bond acceptors (Lipinski definition) is 6. The van der Waals surface area contributed by atoms with Gasteiger partial charge in [0.05, 0.1) is 10.5 Å². The molecule has 0 saturated carbocycles. The highest BCUT2D eigenvalue weighted by molar-refractivity contribution is 7.89. The summed E-state index contributed by atoms with van der Waals surface area (Å²) < 4.78 is 31.2. The van der Waals surface area contributed by atoms with E-state index in [1.54, 1.807) is 19.9 Å². The average molecular weight is 462 g/mol. The van der Waals surface area contributed by atoms with Gasteiger partial charge in [-0.3, -0.25) is 10.1 Å². The molecular formula is C22H27N3O6S. The van der Waals surface area contributed by atoms with Crippen molar-refractivity contribution in [2.45, 2.75) is 32.6 Å². The molecular weight excluding hydrogens is 434 g/mol. The van der Waals surface area contributed by atoms with Crippen LogP contribution < -0.4 is 10.6 Å². The van der Waals surface area contributed by atoms with Crippen LogP contribution in [-0.2, 0) is 19.6 Å². The molecule has 2 aromatic carbocycles. The highest BCUT2D eigenvalue weighted by Gasteiger charge is 2.22. The van der Waals surface area contributed by atoms with Crippen LogP contribution in [0.25, 0.3) is 0 Å². The molecule has 0 heterocycles. The molecule has 2 N–H and O–H groups in total. The number of ether oxygens (including phenoxy) is 1. The first kappa shape index (κ1) is 25.0. The lowest BCUT2D eigenvalue weighted by atomic mass is 10.1. The lowest BCUT2D eigenvalue weighted by Crippen LogP contribution is -2.37. The van der Waals surface area contributed by atoms with Crippen LogP contribution in [0.15, 0.2) is 47.4 Å². The highest BCUT2D eigenvalue weighted by Crippen LogP contribution is 2.17. The van der Waals surface area contributed by atoms with Gasteiger partial charge in [0.2, 0.25) is 10.0 Å². The van der Waals surface area contributed by atoms with Crippen molar-refractivity contribution < 1.29 is 27.5 Å². The van der Waals surface area contributed by atoms with Crippen molar-refractivity contribution in [2.75, 3.05) is 25.0 Å². The van der Waals surface area contributed by atoms with Gasteiger partial charge in [-0.1, -0.05) is 31.5 Å². The Labute approximate surface area is 187 Å². The van der Waals surface area contributed by atoms with E-state index in [0.29, 0.717) is 18.8 Å². The van der Waals surface area contributed by atoms with E-state index in [-0.39, 0.29) is 10.5 Å². The molecule has 0 atom stereocenters. The zero-order valence-electron chi connectivity index (χ0n) is 18.5. The number of rotatable bonds is 8. The molecule has 10 heteroatoms. The third-order valence-corrected chi connectivity index (χ3v) is 6.71. The molecule has 0 aliphatic carbocycles. The topological polar surface area (TPSA) is 122 Å². The van der Waals surface area contributed by atoms with E-state index in [2.05, 4.69) is 10.6 Å². The van der Waals surface area contributed by atoms with E-state index >= 15 is 0 Å². The minimum Gasteiger partial charge on any atom is -0.452 e. The van der Waals surface area contributed by atoms with Gasteiger partial charge in [0, 0.05) is 18.8 Å². The van der Waals surface area contributed by atoms with Crippen LogP contribution in [0.5, 0.6) is 0 Å². The van der Waals surface area contributed by atoms with Crippen LogP contribution in [0.4, 0.5) is 10.5 Å². The summed E-state index contributed by atoms with van der Waals surface area (Å²) in [4.78, 5) is 36.1. The molecule has 0 aromatic heterocycles. The molecule has 32 heavy (non-hydrogen) atoms. The zero-order valence-corrected chi connectivity index (χ0v) is 19.3. The lowest BCUT2D eigenvalue weighted by molar-refractivity contribution is -0.123. The largest absolute Gasteiger partial charge is 0.452 e. The molecule has 0 saturated heterocycles. The fraction of sp³-hybridized carbons (Fsp3) is 0.318. The summed E-state index contributed by atoms with van der Waals surface area (Å²) in [5.74, 6) is -1.62. The van der Waals surface area contributed by atoms with Crippen molar-refractivity contribution in [3.05, 3.63) is 59.2 Å². The summed E-state index contributed by atoms with van der Waals surface area (Å²) >= 11 is 0. The average Bonchev–Trinajstić information content (AvgIpc) is 2.74. The van der Waals surface area contributed by atoms with Gasteiger partial charge in [-0.15, -0.1) is 0 Å². The number of urea groups is 1. The predicted molar refractivity (Wildman–Crippen MR) is 120 cm³/mol. The van der Waals surface area contributed by atoms with E-state index in [4.69, 9.17) is 4.74 Å². The maximum absolute atomic E-state index is 12.5. The molecule has 0 fully saturated rings. The molecule has 0 aliphatic rings. The van der Waals surface area contributed by atoms with Crippen molar-refractivity contribution in [2.24, 2.45) is 0 Å². The Kier molecular flexibility index (Phi) is 8.50. The van der Waals surface area contributed by atoms with Crippen LogP contribution in [0.3, 0.4) is 0 Å². The third-order valence-electron chi connectivity index (χ3n) is 4.65. The molecule has 0 bridgehead atoms. The first-order chi connectivity index (χ1) is 15.1. The van der Waals surface area contributed by atoms with Crippen LogP contribution in [0.2, 0.25) is 0 Å². The normalized spacial score (nSPS) is 11.2. The number of anilines is 1. The predicted octanol–water partition coefficient (Wildman–Crippen LogP) is 2.84. The van der Waals surface area contributed by atoms with E-state index in [1.807, 2.05) is 26.0 Å². The van der Waals surface area contributed by atoms with Crippen LogP contribution in [-0.4, -0.2) is 50.3 Å². The smallest absolute Gasteiger partial charge is 0.338 e. The molecule has 0 aliphatic heterocycles. The number of carbonyl (C=O) groups excluding carboxylic acids is 3. The quantitative estimate of drug-likeness (QED) is 0.583. The minimum absolute atomic E-state index is 0.0542. The van der Waals surface area contributed by atoms with E-state index in [1.165, 1.54) is 28.6 Å². The van der Waals surface area contributed by atoms with E-state index in [9.17, 15) is 22.8 Å². The van der Waals surface area contributed by atoms with Gasteiger partial charge in [-0.2, -0.15) is 4.31 Å². The monoisotopic (exact) mass is 461 g/mol. The Morgan fingerprint density at radius 1 is 0.969 bits per heavy atom. The summed E-state index contributed by atoms with van der Waals surface area (Å²) in [7, 11) is -3.64. The van der Waals surface area contributed by atoms with Gasteiger partial charge in [0.15, 0.2) is 6.61 Å². The van der Waals surface area contributed by atoms with Crippen LogP contribution in [0, 0.1) is 13.8 Å². The molecule has 0 spiro atoms. The Balaban J connectivity index is 1.90. The number of esters is 1. The minimum atomic E-state index is -3.64. The summed E-state index contributed by atoms with van der Waals surface area (Å²) in [6.07, 6.45) is 0. The highest BCUT2D eigenvalue weighted by atomic mass is 32.2. The number of benzene rings is 2. The first-order valence-corrected chi connectivity index (χ1v) is 11.5. The fourth-order valence-corrected chi connectivity index (χ4v) is 4.42. The molecule has 2 aromatic rings. The number of imide groups is 1. The number of carbonyl (C=O) groups is 3. The zero-order chi connectivity index (χ0) is 23.9. The second-order valence-electron chi connectivity index (χ2n) is 7.01. The number of sulfonamides is 1. The number of nitrogens with one attached hydrogen (secondary N) is 2. The maximum Gasteiger partial charge on any atom is 0.338 e. The Morgan fingerprint density at radius 2 is 1.59 bits per heavy atom. The third kappa shape index (κ3) is 6.38. The first-order valence-electron chi connectivity index (χ1n) is 10.0. The van der Waals surface area contributed by atoms with Crippen molar-refractivity contribution in [1.82, 2.24) is 9.62 Å². The van der Waals surface area contributed by atoms with Crippen molar-refractivity contribution in [1.29, 1.82) is 0 Å². The number of nitrogens with zero attached hydrogens (tertiary/aromatic N) is 1. The number of aryl methyl sites for hydroxylation is 2. The Bertz CT molecular complexity index is 1090. The van der Waals surface area contributed by atoms with Gasteiger partial charge < -0.3 is 10.1 Å². The van der Waals surface area contributed by atoms with Crippen molar-refractivity contribution in [3.8, 4) is 0 Å². The molecule has 3 amide bonds. The van der Waals surface area contributed by atoms with Crippen LogP contribution in [0.1, 0.15) is 35.3 Å². The lowest BCUT2D eigenvalue weighted by Gasteiger charge is -2.18. The maximum atomic E-state index is 12.5. The van der Waals surface area contributed by atoms with Gasteiger partial charge >= 0.3 is 12.0 Å². The second kappa shape index (κ2) is 10.9. The van der Waals surface area contributed by atoms with E-state index in [0.717, 1.165) is 11.1 Å². The van der Waals surface area contributed by atoms with Gasteiger partial charge in [0.25, 0.3) is 5.91 Å².